The van der Waals surface area contributed by atoms with Crippen molar-refractivity contribution in [1.82, 2.24) is 4.90 Å². The zero-order valence-corrected chi connectivity index (χ0v) is 10.7. The van der Waals surface area contributed by atoms with E-state index in [0.717, 1.165) is 24.4 Å². The van der Waals surface area contributed by atoms with Gasteiger partial charge in [-0.3, -0.25) is 0 Å². The molecule has 1 aliphatic rings. The van der Waals surface area contributed by atoms with Crippen LogP contribution in [0.25, 0.3) is 0 Å². The molecule has 2 N–H and O–H groups in total. The van der Waals surface area contributed by atoms with E-state index in [9.17, 15) is 0 Å². The molecule has 1 fully saturated rings. The molecule has 2 heteroatoms. The van der Waals surface area contributed by atoms with Crippen molar-refractivity contribution in [1.29, 1.82) is 0 Å². The van der Waals surface area contributed by atoms with Crippen molar-refractivity contribution in [3.05, 3.63) is 0 Å². The molecule has 1 saturated carbocycles. The van der Waals surface area contributed by atoms with Gasteiger partial charge in [-0.25, -0.2) is 0 Å². The van der Waals surface area contributed by atoms with Gasteiger partial charge in [-0.05, 0) is 57.5 Å². The summed E-state index contributed by atoms with van der Waals surface area (Å²) in [6, 6.07) is 0.835. The first-order valence-corrected chi connectivity index (χ1v) is 6.53. The lowest BCUT2D eigenvalue weighted by Crippen LogP contribution is -2.37. The van der Waals surface area contributed by atoms with Crippen LogP contribution in [0.3, 0.4) is 0 Å². The molecular weight excluding hydrogens is 184 g/mol. The minimum absolute atomic E-state index is 0.789. The highest BCUT2D eigenvalue weighted by Crippen LogP contribution is 2.29. The van der Waals surface area contributed by atoms with Crippen molar-refractivity contribution in [3.63, 3.8) is 0 Å². The Bertz CT molecular complexity index is 160. The molecule has 0 aromatic carbocycles. The van der Waals surface area contributed by atoms with Crippen LogP contribution in [-0.4, -0.2) is 31.1 Å². The molecular formula is C13H28N2. The molecule has 90 valence electrons. The van der Waals surface area contributed by atoms with Crippen LogP contribution in [0.2, 0.25) is 0 Å². The number of rotatable bonds is 5. The molecule has 0 atom stereocenters. The van der Waals surface area contributed by atoms with Gasteiger partial charge < -0.3 is 10.6 Å². The quantitative estimate of drug-likeness (QED) is 0.758. The molecule has 0 aromatic rings. The first-order chi connectivity index (χ1) is 7.13. The normalized spacial score (nSPS) is 27.6. The van der Waals surface area contributed by atoms with Crippen LogP contribution in [0.15, 0.2) is 0 Å². The summed E-state index contributed by atoms with van der Waals surface area (Å²) in [5.41, 5.74) is 5.61. The van der Waals surface area contributed by atoms with Gasteiger partial charge in [-0.15, -0.1) is 0 Å². The Morgan fingerprint density at radius 2 is 1.80 bits per heavy atom. The Morgan fingerprint density at radius 3 is 2.27 bits per heavy atom. The van der Waals surface area contributed by atoms with Crippen molar-refractivity contribution in [2.24, 2.45) is 17.6 Å². The molecule has 0 heterocycles. The van der Waals surface area contributed by atoms with Crippen LogP contribution < -0.4 is 5.73 Å². The fraction of sp³-hybridized carbons (Fsp3) is 1.00. The summed E-state index contributed by atoms with van der Waals surface area (Å²) in [7, 11) is 2.29. The zero-order valence-electron chi connectivity index (χ0n) is 10.7. The van der Waals surface area contributed by atoms with Crippen LogP contribution in [-0.2, 0) is 0 Å². The SMILES string of the molecule is CC(C)CN(C)C1CCC(CCN)CC1. The van der Waals surface area contributed by atoms with Gasteiger partial charge in [0.05, 0.1) is 0 Å². The maximum absolute atomic E-state index is 5.61. The number of nitrogens with zero attached hydrogens (tertiary/aromatic N) is 1. The predicted octanol–water partition coefficient (Wildman–Crippen LogP) is 2.48. The van der Waals surface area contributed by atoms with Crippen LogP contribution in [0.4, 0.5) is 0 Å². The van der Waals surface area contributed by atoms with Crippen LogP contribution in [0.5, 0.6) is 0 Å². The monoisotopic (exact) mass is 212 g/mol. The second-order valence-corrected chi connectivity index (χ2v) is 5.59. The molecule has 0 amide bonds. The van der Waals surface area contributed by atoms with Crippen molar-refractivity contribution < 1.29 is 0 Å². The second kappa shape index (κ2) is 6.49. The van der Waals surface area contributed by atoms with Crippen LogP contribution in [0, 0.1) is 11.8 Å². The first kappa shape index (κ1) is 13.0. The van der Waals surface area contributed by atoms with E-state index in [1.807, 2.05) is 0 Å². The molecule has 1 rings (SSSR count). The summed E-state index contributed by atoms with van der Waals surface area (Å²) < 4.78 is 0. The van der Waals surface area contributed by atoms with Gasteiger partial charge in [0, 0.05) is 12.6 Å². The topological polar surface area (TPSA) is 29.3 Å². The molecule has 0 bridgehead atoms. The Morgan fingerprint density at radius 1 is 1.20 bits per heavy atom. The Hall–Kier alpha value is -0.0800. The highest BCUT2D eigenvalue weighted by Gasteiger charge is 2.23. The molecule has 0 unspecified atom stereocenters. The molecule has 1 aliphatic carbocycles. The molecule has 0 spiro atoms. The predicted molar refractivity (Wildman–Crippen MR) is 66.9 cm³/mol. The summed E-state index contributed by atoms with van der Waals surface area (Å²) in [5.74, 6) is 1.70. The average Bonchev–Trinajstić information content (AvgIpc) is 2.18. The second-order valence-electron chi connectivity index (χ2n) is 5.59. The van der Waals surface area contributed by atoms with Crippen LogP contribution >= 0.6 is 0 Å². The van der Waals surface area contributed by atoms with Gasteiger partial charge in [0.1, 0.15) is 0 Å². The lowest BCUT2D eigenvalue weighted by Gasteiger charge is -2.35. The van der Waals surface area contributed by atoms with E-state index in [0.29, 0.717) is 0 Å². The standard InChI is InChI=1S/C13H28N2/c1-11(2)10-15(3)13-6-4-12(5-7-13)8-9-14/h11-13H,4-10,14H2,1-3H3. The number of nitrogens with two attached hydrogens (primary N) is 1. The van der Waals surface area contributed by atoms with E-state index in [-0.39, 0.29) is 0 Å². The summed E-state index contributed by atoms with van der Waals surface area (Å²) >= 11 is 0. The summed E-state index contributed by atoms with van der Waals surface area (Å²) in [6.07, 6.45) is 6.79. The van der Waals surface area contributed by atoms with E-state index < -0.39 is 0 Å². The number of hydrogen-bond donors (Lipinski definition) is 1. The van der Waals surface area contributed by atoms with Crippen molar-refractivity contribution in [3.8, 4) is 0 Å². The highest BCUT2D eigenvalue weighted by atomic mass is 15.1. The minimum atomic E-state index is 0.789. The highest BCUT2D eigenvalue weighted by molar-refractivity contribution is 4.78. The molecule has 0 radical (unpaired) electrons. The van der Waals surface area contributed by atoms with Gasteiger partial charge in [-0.1, -0.05) is 13.8 Å². The van der Waals surface area contributed by atoms with Crippen molar-refractivity contribution in [2.45, 2.75) is 52.0 Å². The molecule has 0 aliphatic heterocycles. The van der Waals surface area contributed by atoms with Gasteiger partial charge >= 0.3 is 0 Å². The third-order valence-corrected chi connectivity index (χ3v) is 3.67. The molecule has 2 nitrogen and oxygen atoms in total. The van der Waals surface area contributed by atoms with Gasteiger partial charge in [-0.2, -0.15) is 0 Å². The minimum Gasteiger partial charge on any atom is -0.330 e. The lowest BCUT2D eigenvalue weighted by atomic mass is 9.83. The largest absolute Gasteiger partial charge is 0.330 e. The average molecular weight is 212 g/mol. The molecule has 0 saturated heterocycles. The van der Waals surface area contributed by atoms with Gasteiger partial charge in [0.15, 0.2) is 0 Å². The summed E-state index contributed by atoms with van der Waals surface area (Å²) in [5, 5.41) is 0. The maximum Gasteiger partial charge on any atom is 0.00925 e. The molecule has 15 heavy (non-hydrogen) atoms. The van der Waals surface area contributed by atoms with E-state index in [4.69, 9.17) is 5.73 Å². The maximum atomic E-state index is 5.61. The van der Waals surface area contributed by atoms with Gasteiger partial charge in [0.2, 0.25) is 0 Å². The van der Waals surface area contributed by atoms with Crippen LogP contribution in [0.1, 0.15) is 46.0 Å². The van der Waals surface area contributed by atoms with Crippen molar-refractivity contribution in [2.75, 3.05) is 20.1 Å². The van der Waals surface area contributed by atoms with E-state index in [1.54, 1.807) is 0 Å². The number of hydrogen-bond acceptors (Lipinski definition) is 2. The summed E-state index contributed by atoms with van der Waals surface area (Å²) in [6.45, 7) is 6.72. The Labute approximate surface area is 95.2 Å². The third kappa shape index (κ3) is 4.52. The van der Waals surface area contributed by atoms with E-state index in [1.165, 1.54) is 38.6 Å². The van der Waals surface area contributed by atoms with Crippen molar-refractivity contribution >= 4 is 0 Å². The fourth-order valence-electron chi connectivity index (χ4n) is 2.84. The lowest BCUT2D eigenvalue weighted by molar-refractivity contribution is 0.149. The van der Waals surface area contributed by atoms with Gasteiger partial charge in [0.25, 0.3) is 0 Å². The summed E-state index contributed by atoms with van der Waals surface area (Å²) in [4.78, 5) is 2.56. The van der Waals surface area contributed by atoms with E-state index >= 15 is 0 Å². The Kier molecular flexibility index (Phi) is 5.62. The first-order valence-electron chi connectivity index (χ1n) is 6.53. The Balaban J connectivity index is 2.24. The smallest absolute Gasteiger partial charge is 0.00925 e. The molecule has 0 aromatic heterocycles. The van der Waals surface area contributed by atoms with E-state index in [2.05, 4.69) is 25.8 Å². The fourth-order valence-corrected chi connectivity index (χ4v) is 2.84. The third-order valence-electron chi connectivity index (χ3n) is 3.67. The zero-order chi connectivity index (χ0) is 11.3.